The van der Waals surface area contributed by atoms with Gasteiger partial charge in [0.05, 0.1) is 17.4 Å². The number of hydrogen-bond acceptors (Lipinski definition) is 5. The summed E-state index contributed by atoms with van der Waals surface area (Å²) in [4.78, 5) is 15.6. The van der Waals surface area contributed by atoms with E-state index in [0.29, 0.717) is 25.0 Å². The third-order valence-electron chi connectivity index (χ3n) is 5.92. The number of nitrogens with one attached hydrogen (secondary N) is 2. The van der Waals surface area contributed by atoms with E-state index in [1.165, 1.54) is 19.2 Å². The first-order valence-electron chi connectivity index (χ1n) is 8.40. The summed E-state index contributed by atoms with van der Waals surface area (Å²) in [5.74, 6) is 0.183. The molecule has 25 heavy (non-hydrogen) atoms. The van der Waals surface area contributed by atoms with Gasteiger partial charge in [-0.05, 0) is 80.0 Å². The van der Waals surface area contributed by atoms with Crippen molar-refractivity contribution in [2.24, 2.45) is 10.8 Å². The van der Waals surface area contributed by atoms with Crippen LogP contribution in [0.15, 0.2) is 29.2 Å². The standard InChI is InChI=1S/C17H23ClN2O4S/c1-24-13-2-4-14(5-3-13)25(22,23)20-15(21)17-9-6-16(7-10-17,8-11-17)12-19-18/h2-5,19H,6-12H2,1H3,(H,20,21). The van der Waals surface area contributed by atoms with Crippen molar-refractivity contribution in [3.8, 4) is 5.75 Å². The number of ether oxygens (including phenoxy) is 1. The van der Waals surface area contributed by atoms with E-state index in [-0.39, 0.29) is 16.2 Å². The summed E-state index contributed by atoms with van der Waals surface area (Å²) < 4.78 is 32.4. The maximum Gasteiger partial charge on any atom is 0.264 e. The smallest absolute Gasteiger partial charge is 0.264 e. The fourth-order valence-corrected chi connectivity index (χ4v) is 5.41. The normalized spacial score (nSPS) is 28.6. The summed E-state index contributed by atoms with van der Waals surface area (Å²) in [5.41, 5.74) is -0.424. The average molecular weight is 387 g/mol. The minimum absolute atomic E-state index is 0.0605. The van der Waals surface area contributed by atoms with E-state index in [9.17, 15) is 13.2 Å². The Balaban J connectivity index is 1.72. The average Bonchev–Trinajstić information content (AvgIpc) is 2.63. The Labute approximate surface area is 153 Å². The van der Waals surface area contributed by atoms with E-state index in [0.717, 1.165) is 25.8 Å². The van der Waals surface area contributed by atoms with Crippen molar-refractivity contribution in [2.45, 2.75) is 43.4 Å². The molecule has 3 aliphatic carbocycles. The topological polar surface area (TPSA) is 84.5 Å². The fraction of sp³-hybridized carbons (Fsp3) is 0.588. The second-order valence-corrected chi connectivity index (χ2v) is 9.15. The molecule has 138 valence electrons. The largest absolute Gasteiger partial charge is 0.497 e. The van der Waals surface area contributed by atoms with Crippen LogP contribution in [0.4, 0.5) is 0 Å². The number of carbonyl (C=O) groups is 1. The fourth-order valence-electron chi connectivity index (χ4n) is 4.05. The van der Waals surface area contributed by atoms with Gasteiger partial charge in [0.2, 0.25) is 5.91 Å². The number of halogens is 1. The van der Waals surface area contributed by atoms with Gasteiger partial charge in [0.15, 0.2) is 0 Å². The Morgan fingerprint density at radius 2 is 1.68 bits per heavy atom. The van der Waals surface area contributed by atoms with Crippen molar-refractivity contribution < 1.29 is 17.9 Å². The number of hydrogen-bond donors (Lipinski definition) is 2. The Morgan fingerprint density at radius 3 is 2.16 bits per heavy atom. The summed E-state index contributed by atoms with van der Waals surface area (Å²) in [6, 6.07) is 5.99. The number of fused-ring (bicyclic) bond motifs is 3. The van der Waals surface area contributed by atoms with Crippen molar-refractivity contribution in [2.75, 3.05) is 13.7 Å². The number of rotatable bonds is 6. The van der Waals surface area contributed by atoms with Crippen molar-refractivity contribution in [1.82, 2.24) is 9.56 Å². The second-order valence-electron chi connectivity index (χ2n) is 7.20. The van der Waals surface area contributed by atoms with E-state index in [1.54, 1.807) is 12.1 Å². The molecule has 0 atom stereocenters. The zero-order valence-corrected chi connectivity index (χ0v) is 15.8. The van der Waals surface area contributed by atoms with Crippen LogP contribution in [0.5, 0.6) is 5.75 Å². The highest BCUT2D eigenvalue weighted by atomic mass is 35.5. The zero-order chi connectivity index (χ0) is 18.1. The van der Waals surface area contributed by atoms with E-state index in [4.69, 9.17) is 16.5 Å². The lowest BCUT2D eigenvalue weighted by molar-refractivity contribution is -0.138. The molecular formula is C17H23ClN2O4S. The molecule has 2 N–H and O–H groups in total. The molecule has 0 aromatic heterocycles. The maximum absolute atomic E-state index is 12.8. The van der Waals surface area contributed by atoms with E-state index in [1.807, 2.05) is 0 Å². The molecule has 0 radical (unpaired) electrons. The van der Waals surface area contributed by atoms with Gasteiger partial charge >= 0.3 is 0 Å². The Kier molecular flexibility index (Phi) is 5.01. The van der Waals surface area contributed by atoms with Crippen LogP contribution in [0, 0.1) is 10.8 Å². The number of carbonyl (C=O) groups excluding carboxylic acids is 1. The van der Waals surface area contributed by atoms with Gasteiger partial charge in [-0.1, -0.05) is 0 Å². The number of benzene rings is 1. The first-order valence-corrected chi connectivity index (χ1v) is 10.3. The van der Waals surface area contributed by atoms with Crippen molar-refractivity contribution in [1.29, 1.82) is 0 Å². The van der Waals surface area contributed by atoms with Crippen LogP contribution in [0.2, 0.25) is 0 Å². The molecule has 3 aliphatic rings. The number of sulfonamides is 1. The molecule has 2 bridgehead atoms. The lowest BCUT2D eigenvalue weighted by atomic mass is 9.53. The summed E-state index contributed by atoms with van der Waals surface area (Å²) in [5, 5.41) is 0. The summed E-state index contributed by atoms with van der Waals surface area (Å²) in [7, 11) is -2.37. The van der Waals surface area contributed by atoms with Crippen LogP contribution in [-0.2, 0) is 14.8 Å². The van der Waals surface area contributed by atoms with Crippen LogP contribution in [-0.4, -0.2) is 28.0 Å². The Hall–Kier alpha value is -1.31. The van der Waals surface area contributed by atoms with Crippen molar-refractivity contribution >= 4 is 27.7 Å². The summed E-state index contributed by atoms with van der Waals surface area (Å²) in [6.45, 7) is 0.733. The lowest BCUT2D eigenvalue weighted by Gasteiger charge is -2.52. The molecule has 3 fully saturated rings. The third-order valence-corrected chi connectivity index (χ3v) is 7.40. The molecule has 0 aliphatic heterocycles. The highest BCUT2D eigenvalue weighted by Gasteiger charge is 2.52. The van der Waals surface area contributed by atoms with Gasteiger partial charge in [0, 0.05) is 6.54 Å². The predicted octanol–water partition coefficient (Wildman–Crippen LogP) is 2.58. The first kappa shape index (κ1) is 18.5. The molecule has 4 rings (SSSR count). The van der Waals surface area contributed by atoms with Gasteiger partial charge in [-0.15, -0.1) is 0 Å². The van der Waals surface area contributed by atoms with Crippen molar-refractivity contribution in [3.05, 3.63) is 24.3 Å². The summed E-state index contributed by atoms with van der Waals surface area (Å²) >= 11 is 5.68. The van der Waals surface area contributed by atoms with Crippen LogP contribution in [0.25, 0.3) is 0 Å². The molecule has 1 aromatic rings. The third kappa shape index (κ3) is 3.50. The molecule has 1 amide bonds. The SMILES string of the molecule is COc1ccc(S(=O)(=O)NC(=O)C23CCC(CNCl)(CC2)CC3)cc1. The Bertz CT molecular complexity index is 724. The van der Waals surface area contributed by atoms with Gasteiger partial charge in [-0.2, -0.15) is 0 Å². The van der Waals surface area contributed by atoms with Gasteiger partial charge in [-0.25, -0.2) is 18.0 Å². The molecule has 0 heterocycles. The molecule has 0 saturated heterocycles. The number of amides is 1. The summed E-state index contributed by atoms with van der Waals surface area (Å²) in [6.07, 6.45) is 4.79. The van der Waals surface area contributed by atoms with E-state index in [2.05, 4.69) is 9.56 Å². The van der Waals surface area contributed by atoms with Gasteiger partial charge < -0.3 is 4.74 Å². The predicted molar refractivity (Wildman–Crippen MR) is 94.7 cm³/mol. The van der Waals surface area contributed by atoms with Crippen LogP contribution in [0.3, 0.4) is 0 Å². The molecule has 0 unspecified atom stereocenters. The quantitative estimate of drug-likeness (QED) is 0.734. The maximum atomic E-state index is 12.8. The molecule has 8 heteroatoms. The van der Waals surface area contributed by atoms with Gasteiger partial charge in [0.25, 0.3) is 10.0 Å². The zero-order valence-electron chi connectivity index (χ0n) is 14.2. The molecular weight excluding hydrogens is 364 g/mol. The Morgan fingerprint density at radius 1 is 1.12 bits per heavy atom. The molecule has 6 nitrogen and oxygen atoms in total. The first-order chi connectivity index (χ1) is 11.8. The van der Waals surface area contributed by atoms with E-state index < -0.39 is 15.4 Å². The number of methoxy groups -OCH3 is 1. The minimum atomic E-state index is -3.88. The van der Waals surface area contributed by atoms with Crippen LogP contribution < -0.4 is 14.3 Å². The highest BCUT2D eigenvalue weighted by molar-refractivity contribution is 7.90. The van der Waals surface area contributed by atoms with Crippen LogP contribution >= 0.6 is 11.8 Å². The highest BCUT2D eigenvalue weighted by Crippen LogP contribution is 2.56. The van der Waals surface area contributed by atoms with Crippen LogP contribution in [0.1, 0.15) is 38.5 Å². The lowest BCUT2D eigenvalue weighted by Crippen LogP contribution is -2.53. The van der Waals surface area contributed by atoms with Crippen molar-refractivity contribution in [3.63, 3.8) is 0 Å². The molecule has 0 spiro atoms. The monoisotopic (exact) mass is 386 g/mol. The molecule has 3 saturated carbocycles. The second kappa shape index (κ2) is 6.78. The molecule has 1 aromatic carbocycles. The minimum Gasteiger partial charge on any atom is -0.497 e. The van der Waals surface area contributed by atoms with E-state index >= 15 is 0 Å². The van der Waals surface area contributed by atoms with Gasteiger partial charge in [0.1, 0.15) is 5.75 Å². The van der Waals surface area contributed by atoms with Gasteiger partial charge in [-0.3, -0.25) is 4.79 Å².